The molecule has 0 heterocycles. The molecule has 1 amide bonds. The Hall–Kier alpha value is -2.95. The second kappa shape index (κ2) is 13.3. The zero-order chi connectivity index (χ0) is 20.7. The molecule has 0 saturated carbocycles. The number of nitrogens with one attached hydrogen (secondary N) is 2. The number of carbonyl (C=O) groups excluding carboxylic acids is 1. The summed E-state index contributed by atoms with van der Waals surface area (Å²) >= 11 is 0. The van der Waals surface area contributed by atoms with E-state index in [-0.39, 0.29) is 12.5 Å². The van der Waals surface area contributed by atoms with Crippen LogP contribution in [0.25, 0.3) is 0 Å². The first-order valence-corrected chi connectivity index (χ1v) is 10.3. The van der Waals surface area contributed by atoms with E-state index in [1.54, 1.807) is 12.1 Å². The molecular weight excluding hydrogens is 364 g/mol. The van der Waals surface area contributed by atoms with Crippen molar-refractivity contribution >= 4 is 17.3 Å². The molecule has 2 aromatic carbocycles. The fraction of sp³-hybridized carbons (Fsp3) is 0.375. The molecule has 0 saturated heterocycles. The van der Waals surface area contributed by atoms with Crippen LogP contribution in [0.3, 0.4) is 0 Å². The molecule has 0 aliphatic carbocycles. The van der Waals surface area contributed by atoms with Gasteiger partial charge in [0.05, 0.1) is 13.2 Å². The van der Waals surface area contributed by atoms with Crippen molar-refractivity contribution in [2.75, 3.05) is 30.4 Å². The van der Waals surface area contributed by atoms with Crippen LogP contribution in [-0.4, -0.2) is 25.7 Å². The highest BCUT2D eigenvalue weighted by atomic mass is 16.5. The molecule has 156 valence electrons. The predicted molar refractivity (Wildman–Crippen MR) is 120 cm³/mol. The quantitative estimate of drug-likeness (QED) is 0.320. The molecule has 0 bridgehead atoms. The Morgan fingerprint density at radius 3 is 2.52 bits per heavy atom. The van der Waals surface area contributed by atoms with Gasteiger partial charge in [-0.2, -0.15) is 0 Å². The Morgan fingerprint density at radius 1 is 0.966 bits per heavy atom. The monoisotopic (exact) mass is 396 g/mol. The summed E-state index contributed by atoms with van der Waals surface area (Å²) in [6, 6.07) is 15.0. The van der Waals surface area contributed by atoms with Crippen molar-refractivity contribution in [2.24, 2.45) is 0 Å². The summed E-state index contributed by atoms with van der Waals surface area (Å²) < 4.78 is 11.2. The first kappa shape index (κ1) is 22.3. The smallest absolute Gasteiger partial charge is 0.243 e. The van der Waals surface area contributed by atoms with Crippen LogP contribution in [-0.2, 0) is 4.79 Å². The summed E-state index contributed by atoms with van der Waals surface area (Å²) in [5.74, 6) is 1.42. The molecule has 0 unspecified atom stereocenters. The largest absolute Gasteiger partial charge is 0.494 e. The van der Waals surface area contributed by atoms with Crippen LogP contribution >= 0.6 is 0 Å². The van der Waals surface area contributed by atoms with Crippen LogP contribution in [0.1, 0.15) is 39.0 Å². The highest BCUT2D eigenvalue weighted by Crippen LogP contribution is 2.18. The Morgan fingerprint density at radius 2 is 1.76 bits per heavy atom. The Kier molecular flexibility index (Phi) is 10.2. The maximum Gasteiger partial charge on any atom is 0.243 e. The molecule has 2 N–H and O–H groups in total. The molecule has 29 heavy (non-hydrogen) atoms. The van der Waals surface area contributed by atoms with Gasteiger partial charge in [0.25, 0.3) is 0 Å². The maximum absolute atomic E-state index is 12.2. The predicted octanol–water partition coefficient (Wildman–Crippen LogP) is 5.65. The maximum atomic E-state index is 12.2. The third kappa shape index (κ3) is 9.19. The fourth-order valence-corrected chi connectivity index (χ4v) is 2.77. The number of amides is 1. The summed E-state index contributed by atoms with van der Waals surface area (Å²) in [4.78, 5) is 12.2. The van der Waals surface area contributed by atoms with Crippen LogP contribution in [0.15, 0.2) is 61.2 Å². The molecule has 0 aliphatic rings. The Bertz CT molecular complexity index is 744. The third-order valence-electron chi connectivity index (χ3n) is 4.31. The lowest BCUT2D eigenvalue weighted by atomic mass is 10.2. The van der Waals surface area contributed by atoms with Gasteiger partial charge in [0, 0.05) is 17.4 Å². The Balaban J connectivity index is 1.70. The summed E-state index contributed by atoms with van der Waals surface area (Å²) in [6.07, 6.45) is 7.80. The van der Waals surface area contributed by atoms with E-state index < -0.39 is 0 Å². The lowest BCUT2D eigenvalue weighted by Crippen LogP contribution is -2.21. The van der Waals surface area contributed by atoms with E-state index in [1.165, 1.54) is 25.7 Å². The molecule has 2 aromatic rings. The number of benzene rings is 2. The van der Waals surface area contributed by atoms with Crippen molar-refractivity contribution < 1.29 is 14.3 Å². The first-order valence-electron chi connectivity index (χ1n) is 10.3. The van der Waals surface area contributed by atoms with E-state index in [0.29, 0.717) is 18.0 Å². The average molecular weight is 397 g/mol. The van der Waals surface area contributed by atoms with E-state index in [9.17, 15) is 4.79 Å². The number of hydrogen-bond acceptors (Lipinski definition) is 4. The zero-order valence-corrected chi connectivity index (χ0v) is 17.3. The lowest BCUT2D eigenvalue weighted by molar-refractivity contribution is -0.114. The van der Waals surface area contributed by atoms with Crippen molar-refractivity contribution in [1.29, 1.82) is 0 Å². The highest BCUT2D eigenvalue weighted by Gasteiger charge is 2.04. The van der Waals surface area contributed by atoms with Gasteiger partial charge in [-0.05, 0) is 42.8 Å². The zero-order valence-electron chi connectivity index (χ0n) is 17.3. The second-order valence-corrected chi connectivity index (χ2v) is 6.82. The molecule has 5 heteroatoms. The van der Waals surface area contributed by atoms with Crippen LogP contribution in [0, 0.1) is 0 Å². The van der Waals surface area contributed by atoms with E-state index in [1.807, 2.05) is 42.5 Å². The van der Waals surface area contributed by atoms with Gasteiger partial charge in [0.2, 0.25) is 5.91 Å². The van der Waals surface area contributed by atoms with Gasteiger partial charge in [-0.3, -0.25) is 4.79 Å². The van der Waals surface area contributed by atoms with E-state index in [0.717, 1.165) is 24.5 Å². The number of carbonyl (C=O) groups is 1. The summed E-state index contributed by atoms with van der Waals surface area (Å²) in [5.41, 5.74) is 1.57. The topological polar surface area (TPSA) is 59.6 Å². The first-order chi connectivity index (χ1) is 14.2. The number of unbranched alkanes of at least 4 members (excludes halogenated alkanes) is 4. The number of anilines is 2. The number of hydrogen-bond donors (Lipinski definition) is 2. The summed E-state index contributed by atoms with van der Waals surface area (Å²) in [7, 11) is 0. The van der Waals surface area contributed by atoms with Gasteiger partial charge in [-0.25, -0.2) is 0 Å². The fourth-order valence-electron chi connectivity index (χ4n) is 2.77. The van der Waals surface area contributed by atoms with Crippen LogP contribution in [0.2, 0.25) is 0 Å². The van der Waals surface area contributed by atoms with E-state index >= 15 is 0 Å². The van der Waals surface area contributed by atoms with Crippen molar-refractivity contribution in [3.8, 4) is 11.5 Å². The van der Waals surface area contributed by atoms with Gasteiger partial charge in [-0.15, -0.1) is 0 Å². The molecule has 0 spiro atoms. The average Bonchev–Trinajstić information content (AvgIpc) is 2.74. The molecule has 0 aromatic heterocycles. The lowest BCUT2D eigenvalue weighted by Gasteiger charge is -2.10. The Labute approximate surface area is 174 Å². The normalized spacial score (nSPS) is 10.2. The standard InChI is InChI=1S/C24H32N2O3/c1-3-5-6-7-8-17-29-22-14-12-20(13-15-22)25-19-24(27)26-21-10-9-11-23(18-21)28-16-4-2/h4,9-15,18,25H,2-3,5-8,16-17,19H2,1H3,(H,26,27). The van der Waals surface area contributed by atoms with Gasteiger partial charge in [0.1, 0.15) is 18.1 Å². The highest BCUT2D eigenvalue weighted by molar-refractivity contribution is 5.93. The molecule has 2 rings (SSSR count). The van der Waals surface area contributed by atoms with Crippen molar-refractivity contribution in [3.05, 3.63) is 61.2 Å². The van der Waals surface area contributed by atoms with Crippen molar-refractivity contribution in [2.45, 2.75) is 39.0 Å². The minimum atomic E-state index is -0.127. The van der Waals surface area contributed by atoms with Crippen LogP contribution < -0.4 is 20.1 Å². The van der Waals surface area contributed by atoms with E-state index in [2.05, 4.69) is 24.1 Å². The van der Waals surface area contributed by atoms with Crippen LogP contribution in [0.4, 0.5) is 11.4 Å². The molecule has 0 radical (unpaired) electrons. The number of ether oxygens (including phenoxy) is 2. The van der Waals surface area contributed by atoms with Gasteiger partial charge < -0.3 is 20.1 Å². The second-order valence-electron chi connectivity index (χ2n) is 6.82. The molecular formula is C24H32N2O3. The van der Waals surface area contributed by atoms with Crippen LogP contribution in [0.5, 0.6) is 11.5 Å². The minimum absolute atomic E-state index is 0.127. The SMILES string of the molecule is C=CCOc1cccc(NC(=O)CNc2ccc(OCCCCCCC)cc2)c1. The minimum Gasteiger partial charge on any atom is -0.494 e. The molecule has 0 fully saturated rings. The molecule has 0 atom stereocenters. The van der Waals surface area contributed by atoms with Crippen molar-refractivity contribution in [1.82, 2.24) is 0 Å². The molecule has 0 aliphatic heterocycles. The van der Waals surface area contributed by atoms with Gasteiger partial charge in [0.15, 0.2) is 0 Å². The third-order valence-corrected chi connectivity index (χ3v) is 4.31. The number of rotatable bonds is 14. The van der Waals surface area contributed by atoms with E-state index in [4.69, 9.17) is 9.47 Å². The summed E-state index contributed by atoms with van der Waals surface area (Å²) in [5, 5.41) is 5.98. The van der Waals surface area contributed by atoms with Gasteiger partial charge >= 0.3 is 0 Å². The summed E-state index contributed by atoms with van der Waals surface area (Å²) in [6.45, 7) is 7.19. The van der Waals surface area contributed by atoms with Crippen molar-refractivity contribution in [3.63, 3.8) is 0 Å². The van der Waals surface area contributed by atoms with Gasteiger partial charge in [-0.1, -0.05) is 51.3 Å². The molecule has 5 nitrogen and oxygen atoms in total.